The van der Waals surface area contributed by atoms with Crippen LogP contribution in [0.2, 0.25) is 0 Å². The van der Waals surface area contributed by atoms with Crippen LogP contribution >= 0.6 is 0 Å². The fourth-order valence-corrected chi connectivity index (χ4v) is 2.18. The second-order valence-electron chi connectivity index (χ2n) is 5.27. The maximum absolute atomic E-state index is 8.80. The van der Waals surface area contributed by atoms with Gasteiger partial charge in [0, 0.05) is 25.0 Å². The second-order valence-corrected chi connectivity index (χ2v) is 5.27. The number of aryl methyl sites for hydroxylation is 3. The second kappa shape index (κ2) is 8.59. The lowest BCUT2D eigenvalue weighted by Crippen LogP contribution is -2.31. The number of anilines is 1. The summed E-state index contributed by atoms with van der Waals surface area (Å²) in [6.07, 6.45) is 7.58. The minimum absolute atomic E-state index is 0.471. The molecule has 2 aromatic rings. The van der Waals surface area contributed by atoms with Gasteiger partial charge >= 0.3 is 0 Å². The molecular formula is C17H22N6. The van der Waals surface area contributed by atoms with E-state index < -0.39 is 0 Å². The van der Waals surface area contributed by atoms with Crippen LogP contribution in [-0.2, 0) is 13.0 Å². The molecule has 0 radical (unpaired) electrons. The molecule has 0 fully saturated rings. The number of aliphatic imine (C=N–C) groups is 1. The van der Waals surface area contributed by atoms with Gasteiger partial charge in [-0.3, -0.25) is 0 Å². The van der Waals surface area contributed by atoms with E-state index in [1.54, 1.807) is 0 Å². The van der Waals surface area contributed by atoms with Gasteiger partial charge in [-0.1, -0.05) is 19.1 Å². The van der Waals surface area contributed by atoms with E-state index in [2.05, 4.69) is 44.2 Å². The number of guanidine groups is 1. The molecule has 6 heteroatoms. The van der Waals surface area contributed by atoms with Crippen molar-refractivity contribution in [2.24, 2.45) is 4.99 Å². The molecule has 0 spiro atoms. The van der Waals surface area contributed by atoms with Gasteiger partial charge in [-0.2, -0.15) is 5.26 Å². The normalized spacial score (nSPS) is 11.1. The van der Waals surface area contributed by atoms with Crippen LogP contribution in [0.5, 0.6) is 0 Å². The number of imidazole rings is 1. The lowest BCUT2D eigenvalue weighted by atomic mass is 10.1. The number of benzene rings is 1. The van der Waals surface area contributed by atoms with Gasteiger partial charge in [0.15, 0.2) is 0 Å². The molecule has 0 aliphatic rings. The largest absolute Gasteiger partial charge is 0.355 e. The van der Waals surface area contributed by atoms with E-state index in [0.717, 1.165) is 37.3 Å². The van der Waals surface area contributed by atoms with Crippen LogP contribution in [0.4, 0.5) is 5.69 Å². The van der Waals surface area contributed by atoms with Gasteiger partial charge in [-0.25, -0.2) is 4.98 Å². The van der Waals surface area contributed by atoms with Crippen molar-refractivity contribution < 1.29 is 0 Å². The third-order valence-corrected chi connectivity index (χ3v) is 3.43. The van der Waals surface area contributed by atoms with Gasteiger partial charge in [0.2, 0.25) is 12.2 Å². The highest BCUT2D eigenvalue weighted by Crippen LogP contribution is 2.09. The molecule has 120 valence electrons. The van der Waals surface area contributed by atoms with Gasteiger partial charge in [-0.05, 0) is 37.5 Å². The zero-order valence-corrected chi connectivity index (χ0v) is 13.6. The van der Waals surface area contributed by atoms with Gasteiger partial charge in [0.1, 0.15) is 0 Å². The maximum Gasteiger partial charge on any atom is 0.211 e. The zero-order chi connectivity index (χ0) is 16.5. The predicted octanol–water partition coefficient (Wildman–Crippen LogP) is 2.68. The molecule has 0 amide bonds. The number of hydrogen-bond acceptors (Lipinski definition) is 3. The fraction of sp³-hybridized carbons (Fsp3) is 0.353. The Hall–Kier alpha value is -2.81. The summed E-state index contributed by atoms with van der Waals surface area (Å²) >= 11 is 0. The highest BCUT2D eigenvalue weighted by atomic mass is 15.2. The molecule has 0 saturated heterocycles. The Morgan fingerprint density at radius 2 is 2.13 bits per heavy atom. The zero-order valence-electron chi connectivity index (χ0n) is 13.6. The van der Waals surface area contributed by atoms with Gasteiger partial charge in [0.25, 0.3) is 0 Å². The van der Waals surface area contributed by atoms with E-state index in [9.17, 15) is 0 Å². The van der Waals surface area contributed by atoms with Crippen LogP contribution in [0.1, 0.15) is 24.6 Å². The van der Waals surface area contributed by atoms with E-state index in [-0.39, 0.29) is 0 Å². The van der Waals surface area contributed by atoms with Gasteiger partial charge in [-0.15, -0.1) is 4.99 Å². The van der Waals surface area contributed by atoms with E-state index >= 15 is 0 Å². The molecule has 1 aromatic carbocycles. The van der Waals surface area contributed by atoms with Gasteiger partial charge < -0.3 is 15.2 Å². The Labute approximate surface area is 136 Å². The Balaban J connectivity index is 1.81. The third kappa shape index (κ3) is 5.47. The van der Waals surface area contributed by atoms with Crippen molar-refractivity contribution in [2.75, 3.05) is 11.9 Å². The lowest BCUT2D eigenvalue weighted by molar-refractivity contribution is 0.630. The maximum atomic E-state index is 8.80. The van der Waals surface area contributed by atoms with Crippen LogP contribution in [-0.4, -0.2) is 22.1 Å². The predicted molar refractivity (Wildman–Crippen MR) is 92.1 cm³/mol. The van der Waals surface area contributed by atoms with Crippen molar-refractivity contribution in [2.45, 2.75) is 33.2 Å². The van der Waals surface area contributed by atoms with Crippen molar-refractivity contribution in [3.8, 4) is 6.19 Å². The molecule has 0 aliphatic heterocycles. The summed E-state index contributed by atoms with van der Waals surface area (Å²) in [5, 5.41) is 15.1. The number of hydrogen-bond donors (Lipinski definition) is 2. The quantitative estimate of drug-likeness (QED) is 0.372. The number of rotatable bonds is 6. The molecule has 23 heavy (non-hydrogen) atoms. The monoisotopic (exact) mass is 310 g/mol. The lowest BCUT2D eigenvalue weighted by Gasteiger charge is -2.11. The first-order chi connectivity index (χ1) is 11.2. The van der Waals surface area contributed by atoms with Crippen molar-refractivity contribution in [3.05, 3.63) is 48.0 Å². The first-order valence-electron chi connectivity index (χ1n) is 7.76. The fourth-order valence-electron chi connectivity index (χ4n) is 2.18. The van der Waals surface area contributed by atoms with E-state index in [4.69, 9.17) is 5.26 Å². The average Bonchev–Trinajstić information content (AvgIpc) is 2.98. The standard InChI is InChI=1S/C17H22N6/c1-3-15-5-7-16(8-6-15)22-17(20-12-18)19-9-4-10-23-11-14(2)21-13-23/h5-8,11,13H,3-4,9-10H2,1-2H3,(H2,19,20,22). The number of nitriles is 1. The summed E-state index contributed by atoms with van der Waals surface area (Å²) in [7, 11) is 0. The molecule has 0 unspecified atom stereocenters. The van der Waals surface area contributed by atoms with Crippen LogP contribution in [0, 0.1) is 18.4 Å². The Bertz CT molecular complexity index is 678. The summed E-state index contributed by atoms with van der Waals surface area (Å²) in [5.41, 5.74) is 3.20. The number of aromatic nitrogens is 2. The topological polar surface area (TPSA) is 78.0 Å². The highest BCUT2D eigenvalue weighted by Gasteiger charge is 2.01. The molecule has 2 rings (SSSR count). The first kappa shape index (κ1) is 16.6. The Morgan fingerprint density at radius 1 is 1.35 bits per heavy atom. The van der Waals surface area contributed by atoms with E-state index in [1.807, 2.05) is 37.8 Å². The number of nitrogens with one attached hydrogen (secondary N) is 2. The summed E-state index contributed by atoms with van der Waals surface area (Å²) in [4.78, 5) is 7.98. The summed E-state index contributed by atoms with van der Waals surface area (Å²) in [6.45, 7) is 5.69. The van der Waals surface area contributed by atoms with Crippen molar-refractivity contribution in [1.29, 1.82) is 5.26 Å². The van der Waals surface area contributed by atoms with Crippen molar-refractivity contribution in [3.63, 3.8) is 0 Å². The summed E-state index contributed by atoms with van der Waals surface area (Å²) < 4.78 is 2.05. The SMILES string of the molecule is CCc1ccc(N/C(=N/C#N)NCCCn2cnc(C)c2)cc1. The molecule has 6 nitrogen and oxygen atoms in total. The molecule has 2 N–H and O–H groups in total. The van der Waals surface area contributed by atoms with Crippen LogP contribution in [0.25, 0.3) is 0 Å². The molecular weight excluding hydrogens is 288 g/mol. The van der Waals surface area contributed by atoms with E-state index in [1.165, 1.54) is 5.56 Å². The number of nitrogens with zero attached hydrogens (tertiary/aromatic N) is 4. The van der Waals surface area contributed by atoms with Crippen molar-refractivity contribution in [1.82, 2.24) is 14.9 Å². The van der Waals surface area contributed by atoms with Crippen molar-refractivity contribution >= 4 is 11.6 Å². The molecule has 0 atom stereocenters. The van der Waals surface area contributed by atoms with Gasteiger partial charge in [0.05, 0.1) is 12.0 Å². The molecule has 0 bridgehead atoms. The Kier molecular flexibility index (Phi) is 6.18. The molecule has 1 heterocycles. The molecule has 0 aliphatic carbocycles. The molecule has 1 aromatic heterocycles. The minimum Gasteiger partial charge on any atom is -0.355 e. The minimum atomic E-state index is 0.471. The smallest absolute Gasteiger partial charge is 0.211 e. The van der Waals surface area contributed by atoms with Crippen LogP contribution in [0.3, 0.4) is 0 Å². The first-order valence-corrected chi connectivity index (χ1v) is 7.76. The van der Waals surface area contributed by atoms with E-state index in [0.29, 0.717) is 5.96 Å². The third-order valence-electron chi connectivity index (χ3n) is 3.43. The molecule has 0 saturated carbocycles. The summed E-state index contributed by atoms with van der Waals surface area (Å²) in [6, 6.07) is 8.10. The summed E-state index contributed by atoms with van der Waals surface area (Å²) in [5.74, 6) is 0.471. The highest BCUT2D eigenvalue weighted by molar-refractivity contribution is 5.94. The Morgan fingerprint density at radius 3 is 2.74 bits per heavy atom. The van der Waals surface area contributed by atoms with Crippen LogP contribution in [0.15, 0.2) is 41.8 Å². The van der Waals surface area contributed by atoms with Crippen LogP contribution < -0.4 is 10.6 Å². The average molecular weight is 310 g/mol.